The third-order valence-electron chi connectivity index (χ3n) is 4.29. The van der Waals surface area contributed by atoms with E-state index in [4.69, 9.17) is 11.6 Å². The van der Waals surface area contributed by atoms with Gasteiger partial charge in [-0.05, 0) is 29.5 Å². The van der Waals surface area contributed by atoms with Gasteiger partial charge in [-0.1, -0.05) is 51.4 Å². The fourth-order valence-corrected chi connectivity index (χ4v) is 3.13. The number of rotatable bonds is 3. The molecule has 20 heavy (non-hydrogen) atoms. The van der Waals surface area contributed by atoms with Gasteiger partial charge in [-0.15, -0.1) is 0 Å². The Balaban J connectivity index is 2.12. The van der Waals surface area contributed by atoms with Crippen LogP contribution in [0.1, 0.15) is 39.7 Å². The number of piperazine rings is 1. The smallest absolute Gasteiger partial charge is 0.0406 e. The first kappa shape index (κ1) is 15.8. The van der Waals surface area contributed by atoms with Crippen molar-refractivity contribution in [1.29, 1.82) is 0 Å². The highest BCUT2D eigenvalue weighted by atomic mass is 35.5. The normalized spacial score (nSPS) is 24.9. The SMILES string of the molecule is CCC1CN(Cc2ccc(Cl)cc2)C(C(C)(C)C)CN1. The molecule has 112 valence electrons. The Morgan fingerprint density at radius 1 is 1.25 bits per heavy atom. The average molecular weight is 295 g/mol. The van der Waals surface area contributed by atoms with E-state index < -0.39 is 0 Å². The zero-order chi connectivity index (χ0) is 14.8. The van der Waals surface area contributed by atoms with Gasteiger partial charge >= 0.3 is 0 Å². The largest absolute Gasteiger partial charge is 0.311 e. The zero-order valence-electron chi connectivity index (χ0n) is 13.1. The van der Waals surface area contributed by atoms with Crippen LogP contribution in [0.5, 0.6) is 0 Å². The first-order valence-electron chi connectivity index (χ1n) is 7.62. The van der Waals surface area contributed by atoms with Gasteiger partial charge in [0.15, 0.2) is 0 Å². The highest BCUT2D eigenvalue weighted by Crippen LogP contribution is 2.28. The van der Waals surface area contributed by atoms with Gasteiger partial charge in [0.25, 0.3) is 0 Å². The van der Waals surface area contributed by atoms with Gasteiger partial charge in [-0.25, -0.2) is 0 Å². The summed E-state index contributed by atoms with van der Waals surface area (Å²) < 4.78 is 0. The van der Waals surface area contributed by atoms with Crippen LogP contribution < -0.4 is 5.32 Å². The molecule has 2 rings (SSSR count). The molecule has 2 nitrogen and oxygen atoms in total. The number of benzene rings is 1. The van der Waals surface area contributed by atoms with E-state index in [9.17, 15) is 0 Å². The topological polar surface area (TPSA) is 15.3 Å². The van der Waals surface area contributed by atoms with E-state index in [1.165, 1.54) is 12.0 Å². The molecule has 1 saturated heterocycles. The van der Waals surface area contributed by atoms with Crippen molar-refractivity contribution in [3.8, 4) is 0 Å². The van der Waals surface area contributed by atoms with E-state index in [-0.39, 0.29) is 5.41 Å². The van der Waals surface area contributed by atoms with Gasteiger partial charge in [0.2, 0.25) is 0 Å². The molecule has 0 spiro atoms. The van der Waals surface area contributed by atoms with Crippen LogP contribution in [0.3, 0.4) is 0 Å². The highest BCUT2D eigenvalue weighted by Gasteiger charge is 2.34. The number of nitrogens with zero attached hydrogens (tertiary/aromatic N) is 1. The van der Waals surface area contributed by atoms with Crippen molar-refractivity contribution < 1.29 is 0 Å². The lowest BCUT2D eigenvalue weighted by Gasteiger charge is -2.46. The number of halogens is 1. The van der Waals surface area contributed by atoms with Gasteiger partial charge in [-0.3, -0.25) is 4.90 Å². The second kappa shape index (κ2) is 6.46. The van der Waals surface area contributed by atoms with Crippen molar-refractivity contribution >= 4 is 11.6 Å². The molecule has 0 saturated carbocycles. The first-order valence-corrected chi connectivity index (χ1v) is 8.00. The van der Waals surface area contributed by atoms with Crippen molar-refractivity contribution in [2.45, 2.75) is 52.7 Å². The monoisotopic (exact) mass is 294 g/mol. The maximum Gasteiger partial charge on any atom is 0.0406 e. The van der Waals surface area contributed by atoms with E-state index >= 15 is 0 Å². The summed E-state index contributed by atoms with van der Waals surface area (Å²) in [7, 11) is 0. The predicted octanol–water partition coefficient (Wildman–Crippen LogP) is 3.94. The Bertz CT molecular complexity index is 422. The van der Waals surface area contributed by atoms with Gasteiger partial charge in [0.1, 0.15) is 0 Å². The van der Waals surface area contributed by atoms with Crippen LogP contribution in [-0.2, 0) is 6.54 Å². The fourth-order valence-electron chi connectivity index (χ4n) is 3.01. The lowest BCUT2D eigenvalue weighted by atomic mass is 9.83. The maximum absolute atomic E-state index is 5.98. The minimum Gasteiger partial charge on any atom is -0.311 e. The molecule has 1 aromatic carbocycles. The minimum absolute atomic E-state index is 0.290. The molecule has 3 heteroatoms. The van der Waals surface area contributed by atoms with E-state index in [0.29, 0.717) is 12.1 Å². The van der Waals surface area contributed by atoms with Gasteiger partial charge in [0, 0.05) is 36.7 Å². The van der Waals surface area contributed by atoms with E-state index in [1.54, 1.807) is 0 Å². The van der Waals surface area contributed by atoms with Crippen molar-refractivity contribution in [1.82, 2.24) is 10.2 Å². The molecule has 1 heterocycles. The first-order chi connectivity index (χ1) is 9.40. The van der Waals surface area contributed by atoms with Crippen molar-refractivity contribution in [2.75, 3.05) is 13.1 Å². The summed E-state index contributed by atoms with van der Waals surface area (Å²) in [5.41, 5.74) is 1.64. The van der Waals surface area contributed by atoms with E-state index in [0.717, 1.165) is 24.7 Å². The molecular weight excluding hydrogens is 268 g/mol. The molecule has 0 radical (unpaired) electrons. The molecule has 1 aliphatic heterocycles. The predicted molar refractivity (Wildman–Crippen MR) is 87.2 cm³/mol. The van der Waals surface area contributed by atoms with Crippen LogP contribution in [0.2, 0.25) is 5.02 Å². The third-order valence-corrected chi connectivity index (χ3v) is 4.54. The number of nitrogens with one attached hydrogen (secondary N) is 1. The summed E-state index contributed by atoms with van der Waals surface area (Å²) in [5, 5.41) is 4.50. The van der Waals surface area contributed by atoms with Crippen molar-refractivity contribution in [2.24, 2.45) is 5.41 Å². The molecular formula is C17H27ClN2. The second-order valence-electron chi connectivity index (χ2n) is 6.95. The summed E-state index contributed by atoms with van der Waals surface area (Å²) in [6, 6.07) is 9.45. The minimum atomic E-state index is 0.290. The Hall–Kier alpha value is -0.570. The molecule has 0 bridgehead atoms. The highest BCUT2D eigenvalue weighted by molar-refractivity contribution is 6.30. The molecule has 2 atom stereocenters. The second-order valence-corrected chi connectivity index (χ2v) is 7.39. The Morgan fingerprint density at radius 2 is 1.90 bits per heavy atom. The summed E-state index contributed by atoms with van der Waals surface area (Å²) >= 11 is 5.98. The molecule has 1 N–H and O–H groups in total. The molecule has 1 aliphatic rings. The maximum atomic E-state index is 5.98. The molecule has 0 amide bonds. The summed E-state index contributed by atoms with van der Waals surface area (Å²) in [6.45, 7) is 12.5. The van der Waals surface area contributed by atoms with Gasteiger partial charge in [0.05, 0.1) is 0 Å². The molecule has 0 aliphatic carbocycles. The summed E-state index contributed by atoms with van der Waals surface area (Å²) in [6.07, 6.45) is 1.19. The zero-order valence-corrected chi connectivity index (χ0v) is 13.9. The molecule has 0 aromatic heterocycles. The molecule has 2 unspecified atom stereocenters. The van der Waals surface area contributed by atoms with Gasteiger partial charge < -0.3 is 5.32 Å². The number of hydrogen-bond donors (Lipinski definition) is 1. The average Bonchev–Trinajstić information content (AvgIpc) is 2.40. The Labute approximate surface area is 128 Å². The standard InChI is InChI=1S/C17H27ClN2/c1-5-15-12-20(16(10-19-15)17(2,3)4)11-13-6-8-14(18)9-7-13/h6-9,15-16,19H,5,10-12H2,1-4H3. The third kappa shape index (κ3) is 3.97. The van der Waals surface area contributed by atoms with E-state index in [1.807, 2.05) is 12.1 Å². The fraction of sp³-hybridized carbons (Fsp3) is 0.647. The molecule has 1 aromatic rings. The van der Waals surface area contributed by atoms with Crippen LogP contribution in [0.25, 0.3) is 0 Å². The van der Waals surface area contributed by atoms with E-state index in [2.05, 4.69) is 50.0 Å². The van der Waals surface area contributed by atoms with Crippen LogP contribution in [0, 0.1) is 5.41 Å². The van der Waals surface area contributed by atoms with Crippen LogP contribution in [-0.4, -0.2) is 30.1 Å². The van der Waals surface area contributed by atoms with Crippen molar-refractivity contribution in [3.63, 3.8) is 0 Å². The van der Waals surface area contributed by atoms with Crippen molar-refractivity contribution in [3.05, 3.63) is 34.9 Å². The molecule has 1 fully saturated rings. The van der Waals surface area contributed by atoms with Crippen LogP contribution in [0.4, 0.5) is 0 Å². The summed E-state index contributed by atoms with van der Waals surface area (Å²) in [4.78, 5) is 2.63. The van der Waals surface area contributed by atoms with Gasteiger partial charge in [-0.2, -0.15) is 0 Å². The lowest BCUT2D eigenvalue weighted by molar-refractivity contribution is 0.0485. The summed E-state index contributed by atoms with van der Waals surface area (Å²) in [5.74, 6) is 0. The van der Waals surface area contributed by atoms with Crippen LogP contribution >= 0.6 is 11.6 Å². The lowest BCUT2D eigenvalue weighted by Crippen LogP contribution is -2.59. The van der Waals surface area contributed by atoms with Crippen LogP contribution in [0.15, 0.2) is 24.3 Å². The Kier molecular flexibility index (Phi) is 5.11. The Morgan fingerprint density at radius 3 is 2.45 bits per heavy atom. The number of hydrogen-bond acceptors (Lipinski definition) is 2. The quantitative estimate of drug-likeness (QED) is 0.908.